The fourth-order valence-corrected chi connectivity index (χ4v) is 3.95. The molecular weight excluding hydrogens is 334 g/mol. The van der Waals surface area contributed by atoms with Crippen molar-refractivity contribution in [3.63, 3.8) is 0 Å². The Balaban J connectivity index is 1.78. The van der Waals surface area contributed by atoms with Crippen molar-refractivity contribution in [2.75, 3.05) is 0 Å². The summed E-state index contributed by atoms with van der Waals surface area (Å²) in [5.74, 6) is 0.733. The molecule has 0 saturated carbocycles. The molecule has 0 bridgehead atoms. The van der Waals surface area contributed by atoms with Crippen molar-refractivity contribution in [3.05, 3.63) is 100.0 Å². The zero-order chi connectivity index (χ0) is 18.2. The summed E-state index contributed by atoms with van der Waals surface area (Å²) in [4.78, 5) is 12.8. The first-order valence-corrected chi connectivity index (χ1v) is 9.25. The molecule has 0 amide bonds. The van der Waals surface area contributed by atoms with Crippen molar-refractivity contribution in [1.82, 2.24) is 4.40 Å². The first kappa shape index (κ1) is 15.9. The van der Waals surface area contributed by atoms with Crippen LogP contribution in [0.15, 0.2) is 77.6 Å². The van der Waals surface area contributed by atoms with E-state index in [0.29, 0.717) is 6.61 Å². The van der Waals surface area contributed by atoms with Gasteiger partial charge in [-0.25, -0.2) is 0 Å². The number of allylic oxidation sites excluding steroid dienone is 1. The number of ether oxygens (including phenoxy) is 1. The van der Waals surface area contributed by atoms with Crippen LogP contribution in [0, 0.1) is 0 Å². The van der Waals surface area contributed by atoms with Crippen molar-refractivity contribution in [3.8, 4) is 5.75 Å². The van der Waals surface area contributed by atoms with Gasteiger partial charge in [0.1, 0.15) is 12.4 Å². The lowest BCUT2D eigenvalue weighted by Gasteiger charge is -2.20. The minimum Gasteiger partial charge on any atom is -0.487 e. The van der Waals surface area contributed by atoms with Gasteiger partial charge in [0.05, 0.1) is 11.2 Å². The Hall–Kier alpha value is -3.33. The predicted octanol–water partition coefficient (Wildman–Crippen LogP) is 4.99. The van der Waals surface area contributed by atoms with E-state index in [4.69, 9.17) is 4.74 Å². The average molecular weight is 353 g/mol. The number of fused-ring (bicyclic) bond motifs is 6. The van der Waals surface area contributed by atoms with E-state index in [1.807, 2.05) is 40.8 Å². The molecule has 2 aromatic carbocycles. The van der Waals surface area contributed by atoms with Crippen molar-refractivity contribution in [2.45, 2.75) is 19.4 Å². The van der Waals surface area contributed by atoms with Gasteiger partial charge >= 0.3 is 0 Å². The third-order valence-electron chi connectivity index (χ3n) is 5.19. The molecule has 4 aromatic rings. The van der Waals surface area contributed by atoms with Crippen molar-refractivity contribution in [1.29, 1.82) is 0 Å². The molecule has 5 rings (SSSR count). The van der Waals surface area contributed by atoms with Gasteiger partial charge in [0.25, 0.3) is 5.56 Å². The summed E-state index contributed by atoms with van der Waals surface area (Å²) in [5.41, 5.74) is 4.14. The highest BCUT2D eigenvalue weighted by Gasteiger charge is 2.18. The molecule has 1 aliphatic carbocycles. The van der Waals surface area contributed by atoms with E-state index in [1.165, 1.54) is 10.9 Å². The maximum Gasteiger partial charge on any atom is 0.255 e. The molecule has 0 fully saturated rings. The van der Waals surface area contributed by atoms with E-state index >= 15 is 0 Å². The van der Waals surface area contributed by atoms with Crippen LogP contribution in [-0.4, -0.2) is 4.40 Å². The Labute approximate surface area is 157 Å². The molecule has 0 atom stereocenters. The molecule has 1 aliphatic rings. The molecule has 0 saturated heterocycles. The lowest BCUT2D eigenvalue weighted by molar-refractivity contribution is 0.309. The Morgan fingerprint density at radius 2 is 1.67 bits per heavy atom. The summed E-state index contributed by atoms with van der Waals surface area (Å²) < 4.78 is 7.99. The zero-order valence-corrected chi connectivity index (χ0v) is 14.9. The number of hydrogen-bond acceptors (Lipinski definition) is 2. The largest absolute Gasteiger partial charge is 0.487 e. The van der Waals surface area contributed by atoms with Crippen LogP contribution in [0.4, 0.5) is 0 Å². The van der Waals surface area contributed by atoms with E-state index in [2.05, 4.69) is 30.4 Å². The summed E-state index contributed by atoms with van der Waals surface area (Å²) in [6.45, 7) is 0.468. The highest BCUT2D eigenvalue weighted by molar-refractivity contribution is 6.02. The lowest BCUT2D eigenvalue weighted by atomic mass is 9.94. The van der Waals surface area contributed by atoms with Gasteiger partial charge in [-0.15, -0.1) is 0 Å². The highest BCUT2D eigenvalue weighted by Crippen LogP contribution is 2.34. The number of benzene rings is 2. The summed E-state index contributed by atoms with van der Waals surface area (Å²) in [6, 6.07) is 21.8. The van der Waals surface area contributed by atoms with E-state index in [0.717, 1.165) is 40.8 Å². The van der Waals surface area contributed by atoms with Gasteiger partial charge in [-0.3, -0.25) is 9.20 Å². The molecule has 0 radical (unpaired) electrons. The molecule has 0 N–H and O–H groups in total. The van der Waals surface area contributed by atoms with Crippen LogP contribution in [0.5, 0.6) is 5.75 Å². The molecular formula is C24H19NO2. The smallest absolute Gasteiger partial charge is 0.255 e. The number of aromatic nitrogens is 1. The third kappa shape index (κ3) is 2.63. The van der Waals surface area contributed by atoms with E-state index in [-0.39, 0.29) is 5.56 Å². The monoisotopic (exact) mass is 353 g/mol. The van der Waals surface area contributed by atoms with Gasteiger partial charge in [-0.2, -0.15) is 0 Å². The Bertz CT molecular complexity index is 1240. The van der Waals surface area contributed by atoms with Crippen molar-refractivity contribution in [2.24, 2.45) is 0 Å². The Kier molecular flexibility index (Phi) is 3.79. The second-order valence-electron chi connectivity index (χ2n) is 6.84. The van der Waals surface area contributed by atoms with Crippen LogP contribution in [0.3, 0.4) is 0 Å². The standard InChI is InChI=1S/C24H19NO2/c26-23-15-14-22(27-16-17-8-2-1-3-9-17)24-20-12-5-4-10-18(20)19-11-6-7-13-21(19)25(23)24/h1-5,7-10,12-15H,6,11,16H2. The maximum absolute atomic E-state index is 12.8. The summed E-state index contributed by atoms with van der Waals surface area (Å²) in [5, 5.41) is 2.26. The molecule has 3 nitrogen and oxygen atoms in total. The van der Waals surface area contributed by atoms with Crippen molar-refractivity contribution >= 4 is 22.4 Å². The Morgan fingerprint density at radius 1 is 0.889 bits per heavy atom. The van der Waals surface area contributed by atoms with Gasteiger partial charge in [0, 0.05) is 11.5 Å². The quantitative estimate of drug-likeness (QED) is 0.486. The number of aryl methyl sites for hydroxylation is 1. The molecule has 0 aliphatic heterocycles. The second kappa shape index (κ2) is 6.44. The summed E-state index contributed by atoms with van der Waals surface area (Å²) >= 11 is 0. The van der Waals surface area contributed by atoms with Crippen LogP contribution in [0.2, 0.25) is 0 Å². The first-order chi connectivity index (χ1) is 13.3. The topological polar surface area (TPSA) is 30.7 Å². The van der Waals surface area contributed by atoms with E-state index < -0.39 is 0 Å². The third-order valence-corrected chi connectivity index (χ3v) is 5.19. The van der Waals surface area contributed by atoms with Crippen molar-refractivity contribution < 1.29 is 4.74 Å². The Morgan fingerprint density at radius 3 is 2.52 bits per heavy atom. The predicted molar refractivity (Wildman–Crippen MR) is 109 cm³/mol. The lowest BCUT2D eigenvalue weighted by Crippen LogP contribution is -2.18. The summed E-state index contributed by atoms with van der Waals surface area (Å²) in [6.07, 6.45) is 6.16. The van der Waals surface area contributed by atoms with Gasteiger partial charge in [-0.1, -0.05) is 60.7 Å². The summed E-state index contributed by atoms with van der Waals surface area (Å²) in [7, 11) is 0. The van der Waals surface area contributed by atoms with Gasteiger partial charge < -0.3 is 4.74 Å². The maximum atomic E-state index is 12.8. The fourth-order valence-electron chi connectivity index (χ4n) is 3.95. The number of nitrogens with zero attached hydrogens (tertiary/aromatic N) is 1. The minimum atomic E-state index is -0.0226. The molecule has 0 unspecified atom stereocenters. The van der Waals surface area contributed by atoms with Crippen LogP contribution in [-0.2, 0) is 13.0 Å². The minimum absolute atomic E-state index is 0.0226. The van der Waals surface area contributed by atoms with Gasteiger partial charge in [-0.05, 0) is 41.5 Å². The molecule has 2 aromatic heterocycles. The van der Waals surface area contributed by atoms with E-state index in [1.54, 1.807) is 12.1 Å². The second-order valence-corrected chi connectivity index (χ2v) is 6.84. The number of hydrogen-bond donors (Lipinski definition) is 0. The normalized spacial score (nSPS) is 13.0. The van der Waals surface area contributed by atoms with Crippen LogP contribution in [0.25, 0.3) is 22.4 Å². The van der Waals surface area contributed by atoms with Gasteiger partial charge in [0.15, 0.2) is 0 Å². The first-order valence-electron chi connectivity index (χ1n) is 9.25. The average Bonchev–Trinajstić information content (AvgIpc) is 2.74. The number of rotatable bonds is 3. The highest BCUT2D eigenvalue weighted by atomic mass is 16.5. The van der Waals surface area contributed by atoms with Gasteiger partial charge in [0.2, 0.25) is 0 Å². The molecule has 3 heteroatoms. The van der Waals surface area contributed by atoms with E-state index in [9.17, 15) is 4.79 Å². The molecule has 2 heterocycles. The SMILES string of the molecule is O=c1ccc(OCc2ccccc2)c2c3ccccc3c3c(n12)C=CCC3. The molecule has 27 heavy (non-hydrogen) atoms. The molecule has 0 spiro atoms. The van der Waals surface area contributed by atoms with Crippen LogP contribution >= 0.6 is 0 Å². The molecule has 132 valence electrons. The van der Waals surface area contributed by atoms with Crippen LogP contribution in [0.1, 0.15) is 23.2 Å². The fraction of sp³-hybridized carbons (Fsp3) is 0.125. The van der Waals surface area contributed by atoms with Crippen LogP contribution < -0.4 is 10.3 Å². The zero-order valence-electron chi connectivity index (χ0n) is 14.9. The number of pyridine rings is 2.